The molecule has 1 aromatic heterocycles. The summed E-state index contributed by atoms with van der Waals surface area (Å²) >= 11 is 13.9. The molecule has 2 heterocycles. The topological polar surface area (TPSA) is 46.9 Å². The van der Waals surface area contributed by atoms with Crippen LogP contribution in [0.1, 0.15) is 22.1 Å². The van der Waals surface area contributed by atoms with E-state index in [4.69, 9.17) is 23.2 Å². The van der Waals surface area contributed by atoms with E-state index >= 15 is 0 Å². The van der Waals surface area contributed by atoms with Gasteiger partial charge < -0.3 is 5.32 Å². The Balaban J connectivity index is 2.17. The fourth-order valence-corrected chi connectivity index (χ4v) is 4.31. The van der Waals surface area contributed by atoms with E-state index in [9.17, 15) is 4.79 Å². The van der Waals surface area contributed by atoms with Gasteiger partial charge in [-0.15, -0.1) is 11.8 Å². The highest BCUT2D eigenvalue weighted by atomic mass is 35.5. The molecule has 1 N–H and O–H groups in total. The molecule has 1 aromatic carbocycles. The standard InChI is InChI=1S/C14H13Cl2N3OS/c1-7-12-13(9-4-3-8(15)5-10(9)16)21-6-11(20)17-14(12)19(2)18-7/h3-5,13H,6H2,1-2H3,(H,17,20)/t13-/m0/s1. The molecular formula is C14H13Cl2N3OS. The molecule has 0 unspecified atom stereocenters. The van der Waals surface area contributed by atoms with Crippen molar-refractivity contribution >= 4 is 46.7 Å². The molecule has 0 aliphatic carbocycles. The maximum atomic E-state index is 11.9. The van der Waals surface area contributed by atoms with Crippen molar-refractivity contribution in [2.24, 2.45) is 7.05 Å². The van der Waals surface area contributed by atoms with Crippen LogP contribution in [0.5, 0.6) is 0 Å². The molecule has 4 nitrogen and oxygen atoms in total. The van der Waals surface area contributed by atoms with E-state index in [0.717, 1.165) is 22.6 Å². The number of halogens is 2. The summed E-state index contributed by atoms with van der Waals surface area (Å²) in [6, 6.07) is 5.45. The molecule has 1 aliphatic heterocycles. The molecule has 110 valence electrons. The molecule has 2 aromatic rings. The predicted molar refractivity (Wildman–Crippen MR) is 87.3 cm³/mol. The van der Waals surface area contributed by atoms with Crippen LogP contribution >= 0.6 is 35.0 Å². The van der Waals surface area contributed by atoms with E-state index in [1.807, 2.05) is 26.1 Å². The fourth-order valence-electron chi connectivity index (χ4n) is 2.51. The zero-order valence-electron chi connectivity index (χ0n) is 11.5. The lowest BCUT2D eigenvalue weighted by molar-refractivity contribution is -0.113. The van der Waals surface area contributed by atoms with Gasteiger partial charge in [0.2, 0.25) is 5.91 Å². The summed E-state index contributed by atoms with van der Waals surface area (Å²) in [5.41, 5.74) is 2.83. The number of aromatic nitrogens is 2. The summed E-state index contributed by atoms with van der Waals surface area (Å²) in [5.74, 6) is 1.08. The van der Waals surface area contributed by atoms with Crippen molar-refractivity contribution in [3.63, 3.8) is 0 Å². The van der Waals surface area contributed by atoms with Gasteiger partial charge in [-0.3, -0.25) is 9.48 Å². The summed E-state index contributed by atoms with van der Waals surface area (Å²) in [7, 11) is 1.82. The third kappa shape index (κ3) is 2.65. The van der Waals surface area contributed by atoms with Crippen molar-refractivity contribution in [3.05, 3.63) is 45.1 Å². The molecule has 1 aliphatic rings. The van der Waals surface area contributed by atoms with Crippen LogP contribution in [0.3, 0.4) is 0 Å². The number of hydrogen-bond acceptors (Lipinski definition) is 3. The first-order valence-electron chi connectivity index (χ1n) is 6.37. The smallest absolute Gasteiger partial charge is 0.235 e. The zero-order chi connectivity index (χ0) is 15.1. The number of fused-ring (bicyclic) bond motifs is 1. The Morgan fingerprint density at radius 3 is 2.90 bits per heavy atom. The highest BCUT2D eigenvalue weighted by Gasteiger charge is 2.30. The Morgan fingerprint density at radius 1 is 1.43 bits per heavy atom. The van der Waals surface area contributed by atoms with Crippen molar-refractivity contribution < 1.29 is 4.79 Å². The Kier molecular flexibility index (Phi) is 3.90. The number of aryl methyl sites for hydroxylation is 2. The first-order valence-corrected chi connectivity index (χ1v) is 8.17. The molecule has 0 radical (unpaired) electrons. The SMILES string of the molecule is Cc1nn(C)c2c1[C@H](c1ccc(Cl)cc1Cl)SCC(=O)N2. The van der Waals surface area contributed by atoms with Crippen LogP contribution in [0.25, 0.3) is 0 Å². The van der Waals surface area contributed by atoms with E-state index in [1.54, 1.807) is 22.5 Å². The molecule has 21 heavy (non-hydrogen) atoms. The van der Waals surface area contributed by atoms with Gasteiger partial charge in [0.1, 0.15) is 5.82 Å². The van der Waals surface area contributed by atoms with Crippen LogP contribution in [0.15, 0.2) is 18.2 Å². The molecule has 0 saturated carbocycles. The van der Waals surface area contributed by atoms with Crippen molar-refractivity contribution in [1.29, 1.82) is 0 Å². The van der Waals surface area contributed by atoms with Gasteiger partial charge in [-0.05, 0) is 24.6 Å². The van der Waals surface area contributed by atoms with E-state index in [2.05, 4.69) is 10.4 Å². The molecule has 1 atom stereocenters. The first kappa shape index (κ1) is 14.8. The molecular weight excluding hydrogens is 329 g/mol. The van der Waals surface area contributed by atoms with E-state index in [1.165, 1.54) is 0 Å². The van der Waals surface area contributed by atoms with Crippen LogP contribution in [0, 0.1) is 6.92 Å². The van der Waals surface area contributed by atoms with E-state index in [0.29, 0.717) is 15.8 Å². The minimum absolute atomic E-state index is 0.0307. The normalized spacial score (nSPS) is 18.1. The summed E-state index contributed by atoms with van der Waals surface area (Å²) in [4.78, 5) is 11.9. The number of amides is 1. The largest absolute Gasteiger partial charge is 0.310 e. The van der Waals surface area contributed by atoms with Gasteiger partial charge in [0.25, 0.3) is 0 Å². The van der Waals surface area contributed by atoms with E-state index < -0.39 is 0 Å². The van der Waals surface area contributed by atoms with Crippen LogP contribution in [0.2, 0.25) is 10.0 Å². The van der Waals surface area contributed by atoms with Gasteiger partial charge in [0.05, 0.1) is 16.7 Å². The number of benzene rings is 1. The predicted octanol–water partition coefficient (Wildman–Crippen LogP) is 3.81. The van der Waals surface area contributed by atoms with Crippen LogP contribution in [-0.4, -0.2) is 21.4 Å². The summed E-state index contributed by atoms with van der Waals surface area (Å²) in [6.07, 6.45) is 0. The first-order chi connectivity index (χ1) is 9.97. The van der Waals surface area contributed by atoms with Crippen molar-refractivity contribution in [1.82, 2.24) is 9.78 Å². The van der Waals surface area contributed by atoms with Crippen LogP contribution in [-0.2, 0) is 11.8 Å². The lowest BCUT2D eigenvalue weighted by Crippen LogP contribution is -2.15. The van der Waals surface area contributed by atoms with Gasteiger partial charge >= 0.3 is 0 Å². The number of carbonyl (C=O) groups excluding carboxylic acids is 1. The second-order valence-electron chi connectivity index (χ2n) is 4.88. The summed E-state index contributed by atoms with van der Waals surface area (Å²) in [6.45, 7) is 1.94. The number of anilines is 1. The minimum atomic E-state index is -0.0441. The number of thioether (sulfide) groups is 1. The maximum absolute atomic E-state index is 11.9. The molecule has 1 amide bonds. The van der Waals surface area contributed by atoms with Gasteiger partial charge in [-0.2, -0.15) is 5.10 Å². The van der Waals surface area contributed by atoms with Crippen LogP contribution < -0.4 is 5.32 Å². The number of rotatable bonds is 1. The lowest BCUT2D eigenvalue weighted by atomic mass is 10.0. The summed E-state index contributed by atoms with van der Waals surface area (Å²) < 4.78 is 1.70. The minimum Gasteiger partial charge on any atom is -0.310 e. The molecule has 3 rings (SSSR count). The van der Waals surface area contributed by atoms with Crippen molar-refractivity contribution in [2.45, 2.75) is 12.2 Å². The number of nitrogens with zero attached hydrogens (tertiary/aromatic N) is 2. The zero-order valence-corrected chi connectivity index (χ0v) is 13.8. The van der Waals surface area contributed by atoms with Gasteiger partial charge in [-0.25, -0.2) is 0 Å². The Hall–Kier alpha value is -1.17. The Morgan fingerprint density at radius 2 is 2.19 bits per heavy atom. The Bertz CT molecular complexity index is 729. The third-order valence-corrected chi connectivity index (χ3v) is 5.23. The molecule has 7 heteroatoms. The molecule has 0 saturated heterocycles. The molecule has 0 spiro atoms. The Labute approximate surface area is 136 Å². The summed E-state index contributed by atoms with van der Waals surface area (Å²) in [5, 5.41) is 8.48. The second-order valence-corrected chi connectivity index (χ2v) is 6.81. The monoisotopic (exact) mass is 341 g/mol. The van der Waals surface area contributed by atoms with Crippen molar-refractivity contribution in [3.8, 4) is 0 Å². The number of carbonyl (C=O) groups is 1. The number of nitrogens with one attached hydrogen (secondary N) is 1. The molecule has 0 fully saturated rings. The quantitative estimate of drug-likeness (QED) is 0.857. The van der Waals surface area contributed by atoms with E-state index in [-0.39, 0.29) is 11.2 Å². The van der Waals surface area contributed by atoms with Gasteiger partial charge in [-0.1, -0.05) is 29.3 Å². The highest BCUT2D eigenvalue weighted by Crippen LogP contribution is 2.45. The third-order valence-electron chi connectivity index (χ3n) is 3.41. The highest BCUT2D eigenvalue weighted by molar-refractivity contribution is 8.00. The average Bonchev–Trinajstić information content (AvgIpc) is 2.59. The maximum Gasteiger partial charge on any atom is 0.235 e. The van der Waals surface area contributed by atoms with Gasteiger partial charge in [0.15, 0.2) is 0 Å². The average molecular weight is 342 g/mol. The number of hydrogen-bond donors (Lipinski definition) is 1. The van der Waals surface area contributed by atoms with Crippen LogP contribution in [0.4, 0.5) is 5.82 Å². The van der Waals surface area contributed by atoms with Crippen molar-refractivity contribution in [2.75, 3.05) is 11.1 Å². The lowest BCUT2D eigenvalue weighted by Gasteiger charge is -2.16. The molecule has 0 bridgehead atoms. The second kappa shape index (κ2) is 5.55. The fraction of sp³-hybridized carbons (Fsp3) is 0.286. The van der Waals surface area contributed by atoms with Gasteiger partial charge in [0, 0.05) is 22.7 Å².